The predicted octanol–water partition coefficient (Wildman–Crippen LogP) is 1.89. The summed E-state index contributed by atoms with van der Waals surface area (Å²) in [7, 11) is 1.28. The average molecular weight is 260 g/mol. The molecule has 1 aromatic carbocycles. The first kappa shape index (κ1) is 13.3. The number of carbonyl (C=O) groups is 2. The number of methoxy groups -OCH3 is 1. The van der Waals surface area contributed by atoms with Crippen LogP contribution in [0.3, 0.4) is 0 Å². The van der Waals surface area contributed by atoms with Gasteiger partial charge in [0.2, 0.25) is 0 Å². The lowest BCUT2D eigenvalue weighted by molar-refractivity contribution is -0.173. The fourth-order valence-corrected chi connectivity index (χ4v) is 2.36. The summed E-state index contributed by atoms with van der Waals surface area (Å²) in [5.74, 6) is -1.10. The van der Waals surface area contributed by atoms with E-state index in [0.717, 1.165) is 11.1 Å². The summed E-state index contributed by atoms with van der Waals surface area (Å²) >= 11 is 0. The lowest BCUT2D eigenvalue weighted by Crippen LogP contribution is -2.47. The number of esters is 2. The Morgan fingerprint density at radius 2 is 2.11 bits per heavy atom. The summed E-state index contributed by atoms with van der Waals surface area (Å²) in [6.45, 7) is 3.99. The third-order valence-electron chi connectivity index (χ3n) is 3.27. The molecule has 0 saturated carbocycles. The molecule has 1 heterocycles. The van der Waals surface area contributed by atoms with Crippen LogP contribution in [0.5, 0.6) is 0 Å². The Morgan fingerprint density at radius 1 is 1.42 bits per heavy atom. The molecule has 1 aliphatic rings. The van der Waals surface area contributed by atoms with Crippen LogP contribution in [0.25, 0.3) is 0 Å². The van der Waals surface area contributed by atoms with E-state index in [1.165, 1.54) is 7.11 Å². The van der Waals surface area contributed by atoms with Crippen molar-refractivity contribution in [2.75, 3.05) is 13.7 Å². The van der Waals surface area contributed by atoms with E-state index in [4.69, 9.17) is 9.47 Å². The maximum Gasteiger partial charge on any atom is 0.324 e. The first-order chi connectivity index (χ1) is 9.08. The molecule has 1 atom stereocenters. The molecular weight excluding hydrogens is 244 g/mol. The molecule has 1 aliphatic heterocycles. The van der Waals surface area contributed by atoms with Gasteiger partial charge in [0.1, 0.15) is 6.61 Å². The Labute approximate surface area is 112 Å². The van der Waals surface area contributed by atoms with Crippen molar-refractivity contribution in [1.29, 1.82) is 0 Å². The SMILES string of the molecule is C=C1COC(=O)C(Cc2ccccc2)(C(=O)OC)C1. The van der Waals surface area contributed by atoms with E-state index in [2.05, 4.69) is 6.58 Å². The number of rotatable bonds is 3. The van der Waals surface area contributed by atoms with Gasteiger partial charge in [-0.25, -0.2) is 0 Å². The molecule has 1 fully saturated rings. The van der Waals surface area contributed by atoms with Gasteiger partial charge >= 0.3 is 11.9 Å². The molecule has 1 aromatic rings. The minimum absolute atomic E-state index is 0.173. The van der Waals surface area contributed by atoms with Gasteiger partial charge in [-0.05, 0) is 24.0 Å². The van der Waals surface area contributed by atoms with Crippen LogP contribution in [-0.4, -0.2) is 25.7 Å². The van der Waals surface area contributed by atoms with Crippen molar-refractivity contribution in [3.8, 4) is 0 Å². The highest BCUT2D eigenvalue weighted by molar-refractivity contribution is 6.01. The summed E-state index contributed by atoms with van der Waals surface area (Å²) < 4.78 is 9.87. The Hall–Kier alpha value is -2.10. The van der Waals surface area contributed by atoms with Crippen LogP contribution in [0, 0.1) is 5.41 Å². The molecule has 1 unspecified atom stereocenters. The van der Waals surface area contributed by atoms with Crippen LogP contribution < -0.4 is 0 Å². The molecule has 0 amide bonds. The summed E-state index contributed by atoms with van der Waals surface area (Å²) in [5.41, 5.74) is 0.311. The van der Waals surface area contributed by atoms with Gasteiger partial charge < -0.3 is 9.47 Å². The smallest absolute Gasteiger partial charge is 0.324 e. The van der Waals surface area contributed by atoms with Crippen LogP contribution in [0.15, 0.2) is 42.5 Å². The first-order valence-electron chi connectivity index (χ1n) is 6.05. The highest BCUT2D eigenvalue weighted by Gasteiger charge is 2.51. The van der Waals surface area contributed by atoms with Gasteiger partial charge in [-0.2, -0.15) is 0 Å². The van der Waals surface area contributed by atoms with E-state index >= 15 is 0 Å². The molecule has 0 N–H and O–H groups in total. The third-order valence-corrected chi connectivity index (χ3v) is 3.27. The maximum absolute atomic E-state index is 12.1. The lowest BCUT2D eigenvalue weighted by Gasteiger charge is -2.33. The summed E-state index contributed by atoms with van der Waals surface area (Å²) in [5, 5.41) is 0. The molecule has 100 valence electrons. The zero-order valence-electron chi connectivity index (χ0n) is 10.8. The molecule has 0 aromatic heterocycles. The van der Waals surface area contributed by atoms with Gasteiger partial charge in [-0.1, -0.05) is 36.9 Å². The van der Waals surface area contributed by atoms with E-state index < -0.39 is 17.4 Å². The van der Waals surface area contributed by atoms with Crippen molar-refractivity contribution in [1.82, 2.24) is 0 Å². The van der Waals surface area contributed by atoms with Crippen molar-refractivity contribution in [3.05, 3.63) is 48.0 Å². The van der Waals surface area contributed by atoms with Gasteiger partial charge in [0.05, 0.1) is 7.11 Å². The van der Waals surface area contributed by atoms with Crippen LogP contribution in [0.2, 0.25) is 0 Å². The molecule has 4 heteroatoms. The highest BCUT2D eigenvalue weighted by Crippen LogP contribution is 2.36. The van der Waals surface area contributed by atoms with E-state index in [1.807, 2.05) is 30.3 Å². The minimum Gasteiger partial charge on any atom is -0.468 e. The van der Waals surface area contributed by atoms with Gasteiger partial charge in [0.25, 0.3) is 0 Å². The van der Waals surface area contributed by atoms with Crippen molar-refractivity contribution < 1.29 is 19.1 Å². The van der Waals surface area contributed by atoms with E-state index in [-0.39, 0.29) is 19.4 Å². The topological polar surface area (TPSA) is 52.6 Å². The molecule has 0 radical (unpaired) electrons. The minimum atomic E-state index is -1.30. The average Bonchev–Trinajstić information content (AvgIpc) is 2.43. The Bertz CT molecular complexity index is 496. The van der Waals surface area contributed by atoms with Crippen LogP contribution in [0.4, 0.5) is 0 Å². The second kappa shape index (κ2) is 5.26. The molecule has 1 saturated heterocycles. The molecule has 4 nitrogen and oxygen atoms in total. The molecule has 0 bridgehead atoms. The number of ether oxygens (including phenoxy) is 2. The summed E-state index contributed by atoms with van der Waals surface area (Å²) in [6.07, 6.45) is 0.533. The van der Waals surface area contributed by atoms with Gasteiger partial charge in [-0.3, -0.25) is 9.59 Å². The van der Waals surface area contributed by atoms with Crippen molar-refractivity contribution in [2.24, 2.45) is 5.41 Å². The zero-order valence-corrected chi connectivity index (χ0v) is 10.8. The number of benzene rings is 1. The number of hydrogen-bond donors (Lipinski definition) is 0. The van der Waals surface area contributed by atoms with Crippen molar-refractivity contribution in [2.45, 2.75) is 12.8 Å². The Balaban J connectivity index is 2.37. The standard InChI is InChI=1S/C15H16O4/c1-11-8-15(13(16)18-2,14(17)19-10-11)9-12-6-4-3-5-7-12/h3-7H,1,8-10H2,2H3. The number of hydrogen-bond acceptors (Lipinski definition) is 4. The summed E-state index contributed by atoms with van der Waals surface area (Å²) in [4.78, 5) is 24.2. The molecule has 2 rings (SSSR count). The van der Waals surface area contributed by atoms with Crippen molar-refractivity contribution in [3.63, 3.8) is 0 Å². The largest absolute Gasteiger partial charge is 0.468 e. The number of carbonyl (C=O) groups excluding carboxylic acids is 2. The fraction of sp³-hybridized carbons (Fsp3) is 0.333. The lowest BCUT2D eigenvalue weighted by atomic mass is 9.75. The molecule has 0 spiro atoms. The fourth-order valence-electron chi connectivity index (χ4n) is 2.36. The van der Waals surface area contributed by atoms with E-state index in [1.54, 1.807) is 0 Å². The van der Waals surface area contributed by atoms with Gasteiger partial charge in [0.15, 0.2) is 5.41 Å². The molecular formula is C15H16O4. The van der Waals surface area contributed by atoms with Crippen LogP contribution in [-0.2, 0) is 25.5 Å². The quantitative estimate of drug-likeness (QED) is 0.473. The summed E-state index contributed by atoms with van der Waals surface area (Å²) in [6, 6.07) is 9.35. The highest BCUT2D eigenvalue weighted by atomic mass is 16.6. The van der Waals surface area contributed by atoms with E-state index in [0.29, 0.717) is 0 Å². The van der Waals surface area contributed by atoms with Crippen LogP contribution in [0.1, 0.15) is 12.0 Å². The predicted molar refractivity (Wildman–Crippen MR) is 69.3 cm³/mol. The van der Waals surface area contributed by atoms with Crippen molar-refractivity contribution >= 4 is 11.9 Å². The maximum atomic E-state index is 12.1. The normalized spacial score (nSPS) is 22.8. The monoisotopic (exact) mass is 260 g/mol. The Kier molecular flexibility index (Phi) is 3.69. The zero-order chi connectivity index (χ0) is 13.9. The van der Waals surface area contributed by atoms with Crippen LogP contribution >= 0.6 is 0 Å². The molecule has 19 heavy (non-hydrogen) atoms. The first-order valence-corrected chi connectivity index (χ1v) is 6.05. The van der Waals surface area contributed by atoms with Gasteiger partial charge in [0, 0.05) is 0 Å². The second-order valence-electron chi connectivity index (χ2n) is 4.74. The Morgan fingerprint density at radius 3 is 2.74 bits per heavy atom. The van der Waals surface area contributed by atoms with Gasteiger partial charge in [-0.15, -0.1) is 0 Å². The second-order valence-corrected chi connectivity index (χ2v) is 4.74. The third kappa shape index (κ3) is 2.52. The molecule has 0 aliphatic carbocycles. The van der Waals surface area contributed by atoms with E-state index in [9.17, 15) is 9.59 Å². The number of cyclic esters (lactones) is 1.